The summed E-state index contributed by atoms with van der Waals surface area (Å²) in [6.07, 6.45) is 2.07. The van der Waals surface area contributed by atoms with Crippen molar-refractivity contribution in [1.29, 1.82) is 0 Å². The van der Waals surface area contributed by atoms with Crippen molar-refractivity contribution in [3.05, 3.63) is 185 Å². The molecule has 15 rings (SSSR count). The molecule has 2 amide bonds. The Kier molecular flexibility index (Phi) is 17.1. The third-order valence-electron chi connectivity index (χ3n) is 18.0. The third kappa shape index (κ3) is 12.0. The smallest absolute Gasteiger partial charge is 0.470 e. The Bertz CT molecular complexity index is 5650. The van der Waals surface area contributed by atoms with Crippen LogP contribution in [-0.4, -0.2) is 107 Å². The van der Waals surface area contributed by atoms with Crippen LogP contribution in [0.3, 0.4) is 0 Å². The van der Waals surface area contributed by atoms with E-state index in [0.717, 1.165) is 50.5 Å². The fourth-order valence-electron chi connectivity index (χ4n) is 12.0. The van der Waals surface area contributed by atoms with E-state index in [4.69, 9.17) is 44.2 Å². The number of nitrogens with one attached hydrogen (secondary N) is 2. The third-order valence-corrected chi connectivity index (χ3v) is 20.6. The zero-order valence-electron chi connectivity index (χ0n) is 54.7. The molecule has 0 bridgehead atoms. The van der Waals surface area contributed by atoms with Crippen LogP contribution >= 0.6 is 11.6 Å². The lowest BCUT2D eigenvalue weighted by Gasteiger charge is -2.32. The van der Waals surface area contributed by atoms with Gasteiger partial charge in [-0.3, -0.25) is 18.2 Å². The highest BCUT2D eigenvalue weighted by Crippen LogP contribution is 2.46. The van der Waals surface area contributed by atoms with E-state index in [1.54, 1.807) is 71.3 Å². The number of carbonyl (C=O) groups is 2. The monoisotopic (exact) mass is 1430 g/mol. The fraction of sp³-hybridized carbons (Fsp3) is 0.200. The van der Waals surface area contributed by atoms with Gasteiger partial charge in [0.25, 0.3) is 11.8 Å². The second-order valence-electron chi connectivity index (χ2n) is 24.7. The summed E-state index contributed by atoms with van der Waals surface area (Å²) in [6.45, 7) is 7.91. The normalized spacial score (nSPS) is 14.2. The Morgan fingerprint density at radius 3 is 1.46 bits per heavy atom. The Labute approximate surface area is 572 Å². The Hall–Kier alpha value is -10.3. The predicted octanol–water partition coefficient (Wildman–Crippen LogP) is 13.6. The van der Waals surface area contributed by atoms with Crippen molar-refractivity contribution in [2.24, 2.45) is 0 Å². The fourth-order valence-corrected chi connectivity index (χ4v) is 13.2. The number of halogens is 7. The van der Waals surface area contributed by atoms with E-state index in [0.29, 0.717) is 85.6 Å². The number of anilines is 2. The molecule has 3 aliphatic rings. The van der Waals surface area contributed by atoms with Gasteiger partial charge < -0.3 is 47.4 Å². The first-order valence-corrected chi connectivity index (χ1v) is 34.6. The minimum atomic E-state index is -3.82. The van der Waals surface area contributed by atoms with E-state index < -0.39 is 79.3 Å². The molecule has 0 saturated carbocycles. The van der Waals surface area contributed by atoms with Gasteiger partial charge in [0, 0.05) is 85.0 Å². The number of carbonyl (C=O) groups excluding carboxylic acids is 2. The van der Waals surface area contributed by atoms with Crippen LogP contribution in [-0.2, 0) is 42.8 Å². The first kappa shape index (κ1) is 68.2. The molecule has 30 heteroatoms. The molecule has 0 radical (unpaired) electrons. The van der Waals surface area contributed by atoms with Crippen molar-refractivity contribution >= 4 is 111 Å². The first-order chi connectivity index (χ1) is 47.3. The van der Waals surface area contributed by atoms with Crippen molar-refractivity contribution in [3.63, 3.8) is 0 Å². The number of sulfonamides is 2. The van der Waals surface area contributed by atoms with Gasteiger partial charge in [0.1, 0.15) is 74.1 Å². The molecule has 0 aliphatic carbocycles. The highest BCUT2D eigenvalue weighted by atomic mass is 35.5. The van der Waals surface area contributed by atoms with Crippen LogP contribution in [0.5, 0.6) is 11.5 Å². The van der Waals surface area contributed by atoms with Gasteiger partial charge in [-0.05, 0) is 125 Å². The quantitative estimate of drug-likeness (QED) is 0.0737. The van der Waals surface area contributed by atoms with Crippen molar-refractivity contribution in [1.82, 2.24) is 29.7 Å². The first-order valence-electron chi connectivity index (χ1n) is 30.6. The van der Waals surface area contributed by atoms with E-state index in [1.165, 1.54) is 58.5 Å². The molecular weight excluding hydrogens is 1370 g/mol. The van der Waals surface area contributed by atoms with Gasteiger partial charge >= 0.3 is 7.12 Å². The molecule has 1 fully saturated rings. The second kappa shape index (κ2) is 25.1. The molecule has 6 aromatic heterocycles. The molecule has 12 aromatic rings. The van der Waals surface area contributed by atoms with Gasteiger partial charge in [0.15, 0.2) is 25.0 Å². The number of aromatic nitrogens is 4. The SMILES string of the molecule is CNC(=O)c1c(-c2ccc(F)cc2F)oc2cc(N(C)S(C)(=O)=O)c(-c3ccc4c(n3)-c3cc5c(F)cccc5n3CO4)cc12.CNC(=O)c1c(-c2ccc(F)cc2F)oc2cc(N(C)S(C)(=O)=O)c(B3OC(C)(C)C(C)(C)O3)cc12.Fc1cccc2c1cc1n2COc2ccc(Cl)nc2-1. The Morgan fingerprint density at radius 1 is 0.540 bits per heavy atom. The lowest BCUT2D eigenvalue weighted by Crippen LogP contribution is -2.41. The minimum absolute atomic E-state index is 0.00401. The number of hydrogen-bond donors (Lipinski definition) is 2. The summed E-state index contributed by atoms with van der Waals surface area (Å²) in [6, 6.07) is 31.7. The number of pyridine rings is 2. The molecule has 3 aliphatic heterocycles. The lowest BCUT2D eigenvalue weighted by molar-refractivity contribution is 0.00578. The number of rotatable bonds is 10. The van der Waals surface area contributed by atoms with E-state index >= 15 is 0 Å². The maximum atomic E-state index is 14.9. The molecule has 100 heavy (non-hydrogen) atoms. The van der Waals surface area contributed by atoms with E-state index in [1.807, 2.05) is 38.3 Å². The number of furan rings is 2. The van der Waals surface area contributed by atoms with Crippen LogP contribution in [0.1, 0.15) is 48.4 Å². The summed E-state index contributed by atoms with van der Waals surface area (Å²) in [5.74, 6) is -4.46. The van der Waals surface area contributed by atoms with Crippen molar-refractivity contribution in [3.8, 4) is 68.2 Å². The van der Waals surface area contributed by atoms with Gasteiger partial charge in [0.2, 0.25) is 20.0 Å². The molecule has 0 unspecified atom stereocenters. The largest absolute Gasteiger partial charge is 0.497 e. The molecule has 20 nitrogen and oxygen atoms in total. The van der Waals surface area contributed by atoms with Crippen LogP contribution in [0.2, 0.25) is 5.15 Å². The summed E-state index contributed by atoms with van der Waals surface area (Å²) >= 11 is 5.92. The van der Waals surface area contributed by atoms with E-state index in [2.05, 4.69) is 15.6 Å². The number of hydrogen-bond acceptors (Lipinski definition) is 14. The summed E-state index contributed by atoms with van der Waals surface area (Å²) in [5, 5.41) is 6.90. The van der Waals surface area contributed by atoms with Crippen LogP contribution in [0.4, 0.5) is 37.7 Å². The summed E-state index contributed by atoms with van der Waals surface area (Å²) < 4.78 is 177. The van der Waals surface area contributed by atoms with Gasteiger partial charge in [0.05, 0.1) is 85.5 Å². The number of fused-ring (bicyclic) bond motifs is 12. The maximum absolute atomic E-state index is 14.9. The highest BCUT2D eigenvalue weighted by Gasteiger charge is 2.53. The van der Waals surface area contributed by atoms with E-state index in [9.17, 15) is 52.8 Å². The second-order valence-corrected chi connectivity index (χ2v) is 29.1. The van der Waals surface area contributed by atoms with Crippen LogP contribution in [0, 0.1) is 34.9 Å². The maximum Gasteiger partial charge on any atom is 0.497 e. The number of amides is 2. The summed E-state index contributed by atoms with van der Waals surface area (Å²) in [5.41, 5.74) is 3.63. The summed E-state index contributed by atoms with van der Waals surface area (Å²) in [4.78, 5) is 35.2. The highest BCUT2D eigenvalue weighted by molar-refractivity contribution is 7.92. The molecule has 2 N–H and O–H groups in total. The molecule has 6 aromatic carbocycles. The van der Waals surface area contributed by atoms with Crippen molar-refractivity contribution < 1.29 is 80.4 Å². The Morgan fingerprint density at radius 2 is 0.990 bits per heavy atom. The van der Waals surface area contributed by atoms with Crippen molar-refractivity contribution in [2.75, 3.05) is 49.3 Å². The van der Waals surface area contributed by atoms with E-state index in [-0.39, 0.29) is 79.6 Å². The molecular formula is C70H58BClF6N8O12S2. The molecule has 9 heterocycles. The molecule has 0 spiro atoms. The molecule has 0 atom stereocenters. The minimum Gasteiger partial charge on any atom is -0.470 e. The van der Waals surface area contributed by atoms with Crippen molar-refractivity contribution in [2.45, 2.75) is 52.4 Å². The lowest BCUT2D eigenvalue weighted by atomic mass is 9.77. The molecule has 514 valence electrons. The van der Waals surface area contributed by atoms with Gasteiger partial charge in [-0.2, -0.15) is 0 Å². The summed E-state index contributed by atoms with van der Waals surface area (Å²) in [7, 11) is -2.99. The van der Waals surface area contributed by atoms with Gasteiger partial charge in [-0.15, -0.1) is 0 Å². The average molecular weight is 1430 g/mol. The average Bonchev–Trinajstić information content (AvgIpc) is 1.58. The van der Waals surface area contributed by atoms with Gasteiger partial charge in [-0.25, -0.2) is 53.1 Å². The topological polar surface area (TPSA) is 232 Å². The number of ether oxygens (including phenoxy) is 2. The predicted molar refractivity (Wildman–Crippen MR) is 368 cm³/mol. The van der Waals surface area contributed by atoms with Crippen LogP contribution < -0.4 is 34.2 Å². The molecule has 1 saturated heterocycles. The van der Waals surface area contributed by atoms with Crippen LogP contribution in [0.25, 0.3) is 100 Å². The van der Waals surface area contributed by atoms with Crippen LogP contribution in [0.15, 0.2) is 142 Å². The van der Waals surface area contributed by atoms with Gasteiger partial charge in [-0.1, -0.05) is 23.7 Å². The number of benzene rings is 6. The number of nitrogens with zero attached hydrogens (tertiary/aromatic N) is 6. The Balaban J connectivity index is 0.000000145. The zero-order chi connectivity index (χ0) is 71.6. The standard InChI is InChI=1S/C32H23F3N4O5S.C24H27BF2N2O6S.C14H8ClFN2O/c1-36-32(40)29-20-12-19(23-9-10-27-30(37-23)26-13-18-21(34)5-4-6-24(18)39(26)15-43-27)25(38(2)45(3,41)42)14-28(20)44-31(29)17-8-7-16(33)11-22(17)35;1-23(2)24(3,4)35-25(34-23)16-11-15-19(12-18(16)29(6)36(7,31)32)33-21(20(15)22(30)28-5)14-9-8-13(26)10-17(14)27;15-13-5-4-12-14(17-13)11-6-8-9(16)2-1-3-10(8)18(11)7-19-12/h4-14H,15H2,1-3H3,(H,36,40);8-12H,1-7H3,(H,28,30);1-6H,7H2. The zero-order valence-corrected chi connectivity index (χ0v) is 57.1.